The van der Waals surface area contributed by atoms with E-state index in [9.17, 15) is 9.59 Å². The third kappa shape index (κ3) is 6.62. The summed E-state index contributed by atoms with van der Waals surface area (Å²) in [7, 11) is 0. The first-order valence-electron chi connectivity index (χ1n) is 10.1. The van der Waals surface area contributed by atoms with Crippen LogP contribution in [0.2, 0.25) is 0 Å². The lowest BCUT2D eigenvalue weighted by atomic mass is 10.1. The van der Waals surface area contributed by atoms with Gasteiger partial charge in [-0.05, 0) is 12.0 Å². The van der Waals surface area contributed by atoms with Crippen molar-refractivity contribution in [3.8, 4) is 0 Å². The van der Waals surface area contributed by atoms with Gasteiger partial charge < -0.3 is 10.6 Å². The molecule has 2 heterocycles. The SMILES string of the molecule is CCCNC(=O)CN1CCN(CC(=O)NC(c2ccccc2)c2nccs2)CC1. The van der Waals surface area contributed by atoms with Crippen LogP contribution in [0.1, 0.15) is 30.0 Å². The molecule has 1 aromatic carbocycles. The number of nitrogens with zero attached hydrogens (tertiary/aromatic N) is 3. The third-order valence-electron chi connectivity index (χ3n) is 4.91. The Morgan fingerprint density at radius 3 is 2.31 bits per heavy atom. The summed E-state index contributed by atoms with van der Waals surface area (Å²) >= 11 is 1.54. The molecule has 7 nitrogen and oxygen atoms in total. The zero-order valence-corrected chi connectivity index (χ0v) is 17.7. The highest BCUT2D eigenvalue weighted by Gasteiger charge is 2.23. The second-order valence-corrected chi connectivity index (χ2v) is 8.11. The molecule has 3 rings (SSSR count). The second kappa shape index (κ2) is 11.0. The zero-order chi connectivity index (χ0) is 20.5. The second-order valence-electron chi connectivity index (χ2n) is 7.18. The van der Waals surface area contributed by atoms with Crippen molar-refractivity contribution in [1.82, 2.24) is 25.4 Å². The fourth-order valence-electron chi connectivity index (χ4n) is 3.35. The summed E-state index contributed by atoms with van der Waals surface area (Å²) < 4.78 is 0. The van der Waals surface area contributed by atoms with E-state index in [2.05, 4.69) is 25.4 Å². The van der Waals surface area contributed by atoms with E-state index in [1.54, 1.807) is 17.5 Å². The predicted octanol–water partition coefficient (Wildman–Crippen LogP) is 1.49. The largest absolute Gasteiger partial charge is 0.355 e. The molecule has 1 aromatic heterocycles. The van der Waals surface area contributed by atoms with E-state index in [1.807, 2.05) is 42.6 Å². The summed E-state index contributed by atoms with van der Waals surface area (Å²) in [5.74, 6) is 0.0652. The van der Waals surface area contributed by atoms with Gasteiger partial charge in [0, 0.05) is 44.3 Å². The van der Waals surface area contributed by atoms with Gasteiger partial charge in [0.25, 0.3) is 0 Å². The van der Waals surface area contributed by atoms with Crippen LogP contribution in [0.4, 0.5) is 0 Å². The van der Waals surface area contributed by atoms with E-state index < -0.39 is 0 Å². The molecule has 29 heavy (non-hydrogen) atoms. The maximum Gasteiger partial charge on any atom is 0.235 e. The third-order valence-corrected chi connectivity index (χ3v) is 5.75. The van der Waals surface area contributed by atoms with Crippen molar-refractivity contribution < 1.29 is 9.59 Å². The van der Waals surface area contributed by atoms with Crippen LogP contribution in [0.5, 0.6) is 0 Å². The van der Waals surface area contributed by atoms with Crippen LogP contribution < -0.4 is 10.6 Å². The molecular formula is C21H29N5O2S. The average Bonchev–Trinajstić information content (AvgIpc) is 3.27. The van der Waals surface area contributed by atoms with Crippen molar-refractivity contribution in [2.75, 3.05) is 45.8 Å². The number of piperazine rings is 1. The Morgan fingerprint density at radius 2 is 1.72 bits per heavy atom. The standard InChI is InChI=1S/C21H29N5O2S/c1-2-8-22-18(27)15-25-10-12-26(13-11-25)16-19(28)24-20(21-23-9-14-29-21)17-6-4-3-5-7-17/h3-7,9,14,20H,2,8,10-13,15-16H2,1H3,(H,22,27)(H,24,28). The van der Waals surface area contributed by atoms with Crippen LogP contribution in [-0.4, -0.2) is 72.4 Å². The van der Waals surface area contributed by atoms with Gasteiger partial charge in [-0.1, -0.05) is 37.3 Å². The number of aromatic nitrogens is 1. The molecule has 0 bridgehead atoms. The van der Waals surface area contributed by atoms with Gasteiger partial charge in [0.05, 0.1) is 13.1 Å². The number of amides is 2. The minimum atomic E-state index is -0.229. The molecule has 1 unspecified atom stereocenters. The van der Waals surface area contributed by atoms with Crippen molar-refractivity contribution in [2.45, 2.75) is 19.4 Å². The van der Waals surface area contributed by atoms with Crippen molar-refractivity contribution in [2.24, 2.45) is 0 Å². The van der Waals surface area contributed by atoms with E-state index in [1.165, 1.54) is 0 Å². The van der Waals surface area contributed by atoms with Crippen molar-refractivity contribution in [1.29, 1.82) is 0 Å². The van der Waals surface area contributed by atoms with E-state index in [-0.39, 0.29) is 17.9 Å². The molecule has 0 radical (unpaired) electrons. The van der Waals surface area contributed by atoms with E-state index in [0.717, 1.165) is 49.7 Å². The number of hydrogen-bond donors (Lipinski definition) is 2. The highest BCUT2D eigenvalue weighted by molar-refractivity contribution is 7.09. The van der Waals surface area contributed by atoms with E-state index in [4.69, 9.17) is 0 Å². The fraction of sp³-hybridized carbons (Fsp3) is 0.476. The van der Waals surface area contributed by atoms with Crippen LogP contribution in [0.15, 0.2) is 41.9 Å². The Balaban J connectivity index is 1.48. The number of rotatable bonds is 9. The van der Waals surface area contributed by atoms with Crippen LogP contribution in [0.25, 0.3) is 0 Å². The minimum Gasteiger partial charge on any atom is -0.355 e. The van der Waals surface area contributed by atoms with Gasteiger partial charge >= 0.3 is 0 Å². The average molecular weight is 416 g/mol. The topological polar surface area (TPSA) is 77.6 Å². The maximum absolute atomic E-state index is 12.7. The van der Waals surface area contributed by atoms with Gasteiger partial charge in [-0.15, -0.1) is 11.3 Å². The van der Waals surface area contributed by atoms with Crippen LogP contribution in [0.3, 0.4) is 0 Å². The Kier molecular flexibility index (Phi) is 8.15. The van der Waals surface area contributed by atoms with Crippen LogP contribution >= 0.6 is 11.3 Å². The molecule has 1 aliphatic heterocycles. The molecule has 1 saturated heterocycles. The monoisotopic (exact) mass is 415 g/mol. The van der Waals surface area contributed by atoms with Crippen molar-refractivity contribution >= 4 is 23.2 Å². The van der Waals surface area contributed by atoms with Gasteiger partial charge in [-0.3, -0.25) is 19.4 Å². The van der Waals surface area contributed by atoms with E-state index in [0.29, 0.717) is 13.1 Å². The summed E-state index contributed by atoms with van der Waals surface area (Å²) in [6.45, 7) is 6.69. The first-order valence-corrected chi connectivity index (χ1v) is 11.0. The smallest absolute Gasteiger partial charge is 0.235 e. The molecule has 2 aromatic rings. The summed E-state index contributed by atoms with van der Waals surface area (Å²) in [5, 5.41) is 8.86. The van der Waals surface area contributed by atoms with Crippen molar-refractivity contribution in [3.05, 3.63) is 52.5 Å². The summed E-state index contributed by atoms with van der Waals surface area (Å²) in [6, 6.07) is 9.69. The Labute approximate surface area is 176 Å². The molecule has 2 N–H and O–H groups in total. The van der Waals surface area contributed by atoms with Crippen LogP contribution in [-0.2, 0) is 9.59 Å². The molecule has 8 heteroatoms. The zero-order valence-electron chi connectivity index (χ0n) is 16.8. The lowest BCUT2D eigenvalue weighted by molar-refractivity contribution is -0.125. The summed E-state index contributed by atoms with van der Waals surface area (Å²) in [6.07, 6.45) is 2.71. The quantitative estimate of drug-likeness (QED) is 0.649. The highest BCUT2D eigenvalue weighted by Crippen LogP contribution is 2.23. The van der Waals surface area contributed by atoms with Crippen LogP contribution in [0, 0.1) is 0 Å². The lowest BCUT2D eigenvalue weighted by Gasteiger charge is -2.34. The first-order chi connectivity index (χ1) is 14.2. The number of carbonyl (C=O) groups excluding carboxylic acids is 2. The Hall–Kier alpha value is -2.29. The van der Waals surface area contributed by atoms with Gasteiger partial charge in [-0.2, -0.15) is 0 Å². The summed E-state index contributed by atoms with van der Waals surface area (Å²) in [5.41, 5.74) is 1.03. The minimum absolute atomic E-state index is 0.0109. The predicted molar refractivity (Wildman–Crippen MR) is 115 cm³/mol. The molecule has 1 fully saturated rings. The molecule has 0 aliphatic carbocycles. The number of benzene rings is 1. The number of carbonyl (C=O) groups is 2. The fourth-order valence-corrected chi connectivity index (χ4v) is 4.06. The van der Waals surface area contributed by atoms with Gasteiger partial charge in [-0.25, -0.2) is 4.98 Å². The van der Waals surface area contributed by atoms with Gasteiger partial charge in [0.15, 0.2) is 0 Å². The lowest BCUT2D eigenvalue weighted by Crippen LogP contribution is -2.51. The van der Waals surface area contributed by atoms with Gasteiger partial charge in [0.1, 0.15) is 11.0 Å². The van der Waals surface area contributed by atoms with E-state index >= 15 is 0 Å². The Morgan fingerprint density at radius 1 is 1.07 bits per heavy atom. The molecule has 1 aliphatic rings. The maximum atomic E-state index is 12.7. The summed E-state index contributed by atoms with van der Waals surface area (Å²) in [4.78, 5) is 33.3. The molecular weight excluding hydrogens is 386 g/mol. The molecule has 0 spiro atoms. The molecule has 156 valence electrons. The molecule has 2 amide bonds. The highest BCUT2D eigenvalue weighted by atomic mass is 32.1. The molecule has 1 atom stereocenters. The Bertz CT molecular complexity index is 761. The first kappa shape index (κ1) is 21.4. The van der Waals surface area contributed by atoms with Crippen molar-refractivity contribution in [3.63, 3.8) is 0 Å². The number of thiazole rings is 1. The number of nitrogens with one attached hydrogen (secondary N) is 2. The number of hydrogen-bond acceptors (Lipinski definition) is 6. The molecule has 0 saturated carbocycles. The van der Waals surface area contributed by atoms with Gasteiger partial charge in [0.2, 0.25) is 11.8 Å². The normalized spacial score (nSPS) is 16.3.